The number of aryl methyl sites for hydroxylation is 1. The molecule has 1 atom stereocenters. The zero-order chi connectivity index (χ0) is 25.7. The maximum Gasteiger partial charge on any atom is 0.220 e. The zero-order valence-electron chi connectivity index (χ0n) is 19.4. The number of benzene rings is 3. The summed E-state index contributed by atoms with van der Waals surface area (Å²) in [6.45, 7) is 1.83. The lowest BCUT2D eigenvalue weighted by atomic mass is 10.1. The van der Waals surface area contributed by atoms with E-state index >= 15 is 0 Å². The van der Waals surface area contributed by atoms with Gasteiger partial charge in [-0.3, -0.25) is 14.7 Å². The molecule has 36 heavy (non-hydrogen) atoms. The van der Waals surface area contributed by atoms with E-state index in [-0.39, 0.29) is 11.5 Å². The number of halogens is 2. The number of aromatic nitrogens is 3. The molecule has 0 saturated carbocycles. The molecule has 0 amide bonds. The van der Waals surface area contributed by atoms with Crippen LogP contribution in [-0.4, -0.2) is 33.3 Å². The maximum atomic E-state index is 11.5. The van der Waals surface area contributed by atoms with Gasteiger partial charge in [-0.05, 0) is 66.6 Å². The zero-order valence-corrected chi connectivity index (χ0v) is 21.8. The first-order chi connectivity index (χ1) is 17.3. The van der Waals surface area contributed by atoms with Crippen LogP contribution >= 0.6 is 35.0 Å². The number of nitro groups is 1. The van der Waals surface area contributed by atoms with Crippen LogP contribution in [0.15, 0.2) is 71.9 Å². The van der Waals surface area contributed by atoms with E-state index in [9.17, 15) is 10.1 Å². The molecule has 0 bridgehead atoms. The smallest absolute Gasteiger partial charge is 0.220 e. The van der Waals surface area contributed by atoms with Gasteiger partial charge in [-0.15, -0.1) is 10.2 Å². The van der Waals surface area contributed by atoms with Gasteiger partial charge in [0.15, 0.2) is 16.7 Å². The van der Waals surface area contributed by atoms with Crippen LogP contribution in [0, 0.1) is 17.0 Å². The summed E-state index contributed by atoms with van der Waals surface area (Å²) in [5.74, 6) is 1.66. The van der Waals surface area contributed by atoms with Crippen LogP contribution in [0.3, 0.4) is 0 Å². The van der Waals surface area contributed by atoms with Crippen LogP contribution in [0.5, 0.6) is 11.5 Å². The van der Waals surface area contributed by atoms with E-state index in [1.165, 1.54) is 18.9 Å². The fourth-order valence-corrected chi connectivity index (χ4v) is 4.94. The molecule has 1 heterocycles. The SMILES string of the molecule is COc1cc([C@@H](C[N+](=O)[O-])Sc2nnc(C)n2-c2ccc(Cl)cc2)ccc1OCc1ccc(Cl)cc1. The molecule has 0 N–H and O–H groups in total. The van der Waals surface area contributed by atoms with Gasteiger partial charge in [-0.25, -0.2) is 0 Å². The molecule has 4 rings (SSSR count). The highest BCUT2D eigenvalue weighted by molar-refractivity contribution is 7.99. The Labute approximate surface area is 222 Å². The largest absolute Gasteiger partial charge is 0.493 e. The van der Waals surface area contributed by atoms with E-state index in [0.717, 1.165) is 11.3 Å². The molecule has 0 aliphatic heterocycles. The summed E-state index contributed by atoms with van der Waals surface area (Å²) in [6, 6.07) is 19.9. The Hall–Kier alpha value is -3.27. The Balaban J connectivity index is 1.59. The normalized spacial score (nSPS) is 11.8. The predicted molar refractivity (Wildman–Crippen MR) is 140 cm³/mol. The molecule has 0 radical (unpaired) electrons. The monoisotopic (exact) mass is 544 g/mol. The molecule has 4 aromatic rings. The molecule has 0 unspecified atom stereocenters. The third-order valence-electron chi connectivity index (χ3n) is 5.31. The van der Waals surface area contributed by atoms with Gasteiger partial charge >= 0.3 is 0 Å². The second kappa shape index (κ2) is 11.6. The second-order valence-corrected chi connectivity index (χ2v) is 9.83. The molecule has 0 aliphatic rings. The fraction of sp³-hybridized carbons (Fsp3) is 0.200. The van der Waals surface area contributed by atoms with Gasteiger partial charge in [-0.2, -0.15) is 0 Å². The summed E-state index contributed by atoms with van der Waals surface area (Å²) in [7, 11) is 1.53. The quantitative estimate of drug-likeness (QED) is 0.126. The average molecular weight is 545 g/mol. The van der Waals surface area contributed by atoms with Crippen LogP contribution in [0.4, 0.5) is 0 Å². The van der Waals surface area contributed by atoms with Crippen LogP contribution in [0.2, 0.25) is 10.0 Å². The lowest BCUT2D eigenvalue weighted by Gasteiger charge is -2.17. The number of methoxy groups -OCH3 is 1. The minimum absolute atomic E-state index is 0.314. The molecule has 3 aromatic carbocycles. The standard InChI is InChI=1S/C25H22Cl2N4O4S/c1-16-28-29-25(31(16)21-10-8-20(27)9-11-21)36-24(14-30(32)33)18-5-12-22(23(13-18)34-2)35-15-17-3-6-19(26)7-4-17/h3-13,24H,14-15H2,1-2H3/t24-/m1/s1. The summed E-state index contributed by atoms with van der Waals surface area (Å²) in [5.41, 5.74) is 2.47. The number of nitrogens with zero attached hydrogens (tertiary/aromatic N) is 4. The van der Waals surface area contributed by atoms with E-state index in [0.29, 0.717) is 44.7 Å². The predicted octanol–water partition coefficient (Wildman–Crippen LogP) is 6.58. The van der Waals surface area contributed by atoms with Crippen molar-refractivity contribution in [3.63, 3.8) is 0 Å². The Morgan fingerprint density at radius 3 is 2.31 bits per heavy atom. The molecular formula is C25H22Cl2N4O4S. The molecule has 8 nitrogen and oxygen atoms in total. The number of ether oxygens (including phenoxy) is 2. The van der Waals surface area contributed by atoms with E-state index in [2.05, 4.69) is 10.2 Å². The highest BCUT2D eigenvalue weighted by Crippen LogP contribution is 2.39. The van der Waals surface area contributed by atoms with Crippen molar-refractivity contribution in [3.05, 3.63) is 104 Å². The van der Waals surface area contributed by atoms with E-state index in [1.807, 2.05) is 35.8 Å². The maximum absolute atomic E-state index is 11.5. The summed E-state index contributed by atoms with van der Waals surface area (Å²) in [4.78, 5) is 11.2. The highest BCUT2D eigenvalue weighted by atomic mass is 35.5. The van der Waals surface area contributed by atoms with Gasteiger partial charge in [0.05, 0.1) is 7.11 Å². The molecule has 1 aromatic heterocycles. The topological polar surface area (TPSA) is 92.3 Å². The summed E-state index contributed by atoms with van der Waals surface area (Å²) >= 11 is 13.2. The van der Waals surface area contributed by atoms with Gasteiger partial charge in [0.1, 0.15) is 17.7 Å². The number of hydrogen-bond acceptors (Lipinski definition) is 7. The first-order valence-electron chi connectivity index (χ1n) is 10.9. The van der Waals surface area contributed by atoms with Crippen LogP contribution in [-0.2, 0) is 6.61 Å². The van der Waals surface area contributed by atoms with Gasteiger partial charge in [0.25, 0.3) is 0 Å². The molecular weight excluding hydrogens is 523 g/mol. The van der Waals surface area contributed by atoms with E-state index in [1.54, 1.807) is 42.5 Å². The molecule has 11 heteroatoms. The number of hydrogen-bond donors (Lipinski definition) is 0. The van der Waals surface area contributed by atoms with Crippen molar-refractivity contribution < 1.29 is 14.4 Å². The van der Waals surface area contributed by atoms with Crippen molar-refractivity contribution in [2.75, 3.05) is 13.7 Å². The lowest BCUT2D eigenvalue weighted by Crippen LogP contribution is -2.11. The van der Waals surface area contributed by atoms with E-state index < -0.39 is 5.25 Å². The lowest BCUT2D eigenvalue weighted by molar-refractivity contribution is -0.479. The minimum Gasteiger partial charge on any atom is -0.493 e. The van der Waals surface area contributed by atoms with Crippen LogP contribution in [0.25, 0.3) is 5.69 Å². The van der Waals surface area contributed by atoms with Crippen molar-refractivity contribution in [1.29, 1.82) is 0 Å². The highest BCUT2D eigenvalue weighted by Gasteiger charge is 2.25. The Kier molecular flexibility index (Phi) is 8.35. The summed E-state index contributed by atoms with van der Waals surface area (Å²) < 4.78 is 13.3. The van der Waals surface area contributed by atoms with Gasteiger partial charge in [0.2, 0.25) is 6.54 Å². The molecule has 0 fully saturated rings. The Morgan fingerprint density at radius 1 is 1.00 bits per heavy atom. The third kappa shape index (κ3) is 6.29. The van der Waals surface area contributed by atoms with E-state index in [4.69, 9.17) is 32.7 Å². The average Bonchev–Trinajstić information content (AvgIpc) is 3.23. The molecule has 0 spiro atoms. The summed E-state index contributed by atoms with van der Waals surface area (Å²) in [6.07, 6.45) is 0. The third-order valence-corrected chi connectivity index (χ3v) is 6.99. The number of rotatable bonds is 10. The van der Waals surface area contributed by atoms with Gasteiger partial charge in [-0.1, -0.05) is 53.2 Å². The van der Waals surface area contributed by atoms with Crippen molar-refractivity contribution in [2.45, 2.75) is 23.9 Å². The Morgan fingerprint density at radius 2 is 1.67 bits per heavy atom. The summed E-state index contributed by atoms with van der Waals surface area (Å²) in [5, 5.41) is 21.2. The first kappa shape index (κ1) is 25.8. The molecule has 186 valence electrons. The van der Waals surface area contributed by atoms with Crippen molar-refractivity contribution >= 4 is 35.0 Å². The number of thioether (sulfide) groups is 1. The van der Waals surface area contributed by atoms with Crippen molar-refractivity contribution in [3.8, 4) is 17.2 Å². The van der Waals surface area contributed by atoms with Gasteiger partial charge in [0, 0.05) is 20.7 Å². The fourth-order valence-electron chi connectivity index (χ4n) is 3.53. The minimum atomic E-state index is -0.547. The first-order valence-corrected chi connectivity index (χ1v) is 12.5. The molecule has 0 saturated heterocycles. The second-order valence-electron chi connectivity index (χ2n) is 7.79. The Bertz CT molecular complexity index is 1350. The molecule has 0 aliphatic carbocycles. The van der Waals surface area contributed by atoms with Crippen molar-refractivity contribution in [1.82, 2.24) is 14.8 Å². The van der Waals surface area contributed by atoms with Gasteiger partial charge < -0.3 is 9.47 Å². The van der Waals surface area contributed by atoms with Crippen LogP contribution in [0.1, 0.15) is 22.2 Å². The van der Waals surface area contributed by atoms with Crippen molar-refractivity contribution in [2.24, 2.45) is 0 Å². The van der Waals surface area contributed by atoms with Crippen LogP contribution < -0.4 is 9.47 Å².